The molecule has 0 radical (unpaired) electrons. The van der Waals surface area contributed by atoms with Gasteiger partial charge in [-0.05, 0) is 56.3 Å². The first-order valence-corrected chi connectivity index (χ1v) is 10.8. The number of ether oxygens (including phenoxy) is 2. The molecule has 5 nitrogen and oxygen atoms in total. The van der Waals surface area contributed by atoms with Gasteiger partial charge in [-0.1, -0.05) is 12.1 Å². The smallest absolute Gasteiger partial charge is 0.167 e. The van der Waals surface area contributed by atoms with Gasteiger partial charge in [0.25, 0.3) is 0 Å². The Morgan fingerprint density at radius 2 is 1.91 bits per heavy atom. The first-order chi connectivity index (χ1) is 16.0. The molecule has 0 N–H and O–H groups in total. The van der Waals surface area contributed by atoms with E-state index in [1.54, 1.807) is 6.20 Å². The van der Waals surface area contributed by atoms with E-state index in [1.165, 1.54) is 11.6 Å². The summed E-state index contributed by atoms with van der Waals surface area (Å²) >= 11 is 0. The molecule has 2 aromatic heterocycles. The summed E-state index contributed by atoms with van der Waals surface area (Å²) in [4.78, 5) is 6.38. The summed E-state index contributed by atoms with van der Waals surface area (Å²) in [5.74, 6) is -0.113. The highest BCUT2D eigenvalue weighted by molar-refractivity contribution is 5.88. The molecule has 0 aliphatic rings. The zero-order valence-corrected chi connectivity index (χ0v) is 18.7. The van der Waals surface area contributed by atoms with Crippen LogP contribution >= 0.6 is 0 Å². The average Bonchev–Trinajstić information content (AvgIpc) is 3.13. The van der Waals surface area contributed by atoms with Crippen LogP contribution in [-0.2, 0) is 13.2 Å². The first-order valence-electron chi connectivity index (χ1n) is 10.8. The van der Waals surface area contributed by atoms with Crippen LogP contribution in [0.3, 0.4) is 0 Å². The van der Waals surface area contributed by atoms with Gasteiger partial charge in [-0.2, -0.15) is 0 Å². The van der Waals surface area contributed by atoms with E-state index < -0.39 is 11.6 Å². The Morgan fingerprint density at radius 3 is 2.70 bits per heavy atom. The molecule has 2 aromatic carbocycles. The molecule has 2 heterocycles. The van der Waals surface area contributed by atoms with E-state index in [0.29, 0.717) is 18.0 Å². The van der Waals surface area contributed by atoms with Gasteiger partial charge in [0.15, 0.2) is 11.6 Å². The second kappa shape index (κ2) is 10.4. The Bertz CT molecular complexity index is 1210. The summed E-state index contributed by atoms with van der Waals surface area (Å²) in [7, 11) is 2.07. The molecule has 0 amide bonds. The molecule has 0 saturated carbocycles. The third-order valence-electron chi connectivity index (χ3n) is 5.38. The topological polar surface area (TPSA) is 47.7 Å². The minimum atomic E-state index is -0.749. The van der Waals surface area contributed by atoms with E-state index in [2.05, 4.69) is 23.0 Å². The predicted molar refractivity (Wildman–Crippen MR) is 122 cm³/mol. The molecule has 0 unspecified atom stereocenters. The third-order valence-corrected chi connectivity index (χ3v) is 5.38. The predicted octanol–water partition coefficient (Wildman–Crippen LogP) is 5.89. The maximum Gasteiger partial charge on any atom is 0.167 e. The van der Waals surface area contributed by atoms with Gasteiger partial charge in [0.05, 0.1) is 12.0 Å². The second-order valence-electron chi connectivity index (χ2n) is 7.94. The van der Waals surface area contributed by atoms with E-state index in [0.717, 1.165) is 48.3 Å². The van der Waals surface area contributed by atoms with Crippen LogP contribution < -0.4 is 9.47 Å². The molecular weight excluding hydrogens is 426 g/mol. The van der Waals surface area contributed by atoms with Crippen LogP contribution in [0.4, 0.5) is 8.78 Å². The van der Waals surface area contributed by atoms with Crippen LogP contribution in [0.2, 0.25) is 0 Å². The zero-order chi connectivity index (χ0) is 23.2. The lowest BCUT2D eigenvalue weighted by Gasteiger charge is -2.16. The fourth-order valence-corrected chi connectivity index (χ4v) is 3.71. The van der Waals surface area contributed by atoms with Crippen LogP contribution in [0, 0.1) is 18.6 Å². The zero-order valence-electron chi connectivity index (χ0n) is 18.7. The minimum Gasteiger partial charge on any atom is -0.493 e. The van der Waals surface area contributed by atoms with Gasteiger partial charge in [-0.25, -0.2) is 8.78 Å². The highest BCUT2D eigenvalue weighted by Crippen LogP contribution is 2.34. The summed E-state index contributed by atoms with van der Waals surface area (Å²) in [5, 5.41) is 0.874. The van der Waals surface area contributed by atoms with Crippen LogP contribution in [0.25, 0.3) is 11.0 Å². The fourth-order valence-electron chi connectivity index (χ4n) is 3.71. The van der Waals surface area contributed by atoms with Gasteiger partial charge in [0.2, 0.25) is 0 Å². The second-order valence-corrected chi connectivity index (χ2v) is 7.94. The Morgan fingerprint density at radius 1 is 1.03 bits per heavy atom. The normalized spacial score (nSPS) is 11.3. The Labute approximate surface area is 191 Å². The van der Waals surface area contributed by atoms with Gasteiger partial charge in [0.1, 0.15) is 29.5 Å². The van der Waals surface area contributed by atoms with Crippen LogP contribution in [-0.4, -0.2) is 30.1 Å². The minimum absolute atomic E-state index is 0.0249. The van der Waals surface area contributed by atoms with E-state index in [4.69, 9.17) is 13.9 Å². The molecule has 7 heteroatoms. The molecule has 0 saturated heterocycles. The Hall–Kier alpha value is -3.45. The Kier molecular flexibility index (Phi) is 7.19. The molecule has 0 aliphatic carbocycles. The summed E-state index contributed by atoms with van der Waals surface area (Å²) in [6.07, 6.45) is 4.51. The highest BCUT2D eigenvalue weighted by atomic mass is 19.1. The molecule has 0 atom stereocenters. The average molecular weight is 453 g/mol. The maximum atomic E-state index is 13.9. The molecule has 0 fully saturated rings. The molecule has 4 aromatic rings. The van der Waals surface area contributed by atoms with Crippen molar-refractivity contribution >= 4 is 11.0 Å². The highest BCUT2D eigenvalue weighted by Gasteiger charge is 2.16. The standard InChI is InChI=1S/C26H26F2N2O3/c1-18-25(17-32-22-10-9-20(27)14-21(22)28)33-24-8-3-7-23(26(18)24)31-13-5-12-30(2)16-19-6-4-11-29-15-19/h3-4,6-11,14-15H,5,12-13,16-17H2,1-2H3. The number of aryl methyl sites for hydroxylation is 1. The summed E-state index contributed by atoms with van der Waals surface area (Å²) in [6.45, 7) is 4.23. The van der Waals surface area contributed by atoms with Crippen molar-refractivity contribution in [3.8, 4) is 11.5 Å². The molecular formula is C26H26F2N2O3. The number of hydrogen-bond acceptors (Lipinski definition) is 5. The maximum absolute atomic E-state index is 13.9. The molecule has 33 heavy (non-hydrogen) atoms. The molecule has 4 rings (SSSR count). The van der Waals surface area contributed by atoms with Crippen molar-refractivity contribution in [3.63, 3.8) is 0 Å². The SMILES string of the molecule is Cc1c(COc2ccc(F)cc2F)oc2cccc(OCCCN(C)Cc3cccnc3)c12. The number of nitrogens with zero attached hydrogens (tertiary/aromatic N) is 2. The monoisotopic (exact) mass is 452 g/mol. The van der Waals surface area contributed by atoms with Gasteiger partial charge < -0.3 is 18.8 Å². The third kappa shape index (κ3) is 5.68. The fraction of sp³-hybridized carbons (Fsp3) is 0.269. The van der Waals surface area contributed by atoms with E-state index >= 15 is 0 Å². The van der Waals surface area contributed by atoms with Gasteiger partial charge in [-0.3, -0.25) is 4.98 Å². The summed E-state index contributed by atoms with van der Waals surface area (Å²) in [5.41, 5.74) is 2.73. The van der Waals surface area contributed by atoms with E-state index in [-0.39, 0.29) is 12.4 Å². The van der Waals surface area contributed by atoms with Crippen molar-refractivity contribution in [1.29, 1.82) is 0 Å². The quantitative estimate of drug-likeness (QED) is 0.281. The lowest BCUT2D eigenvalue weighted by molar-refractivity contribution is 0.260. The van der Waals surface area contributed by atoms with Crippen molar-refractivity contribution < 1.29 is 22.7 Å². The molecule has 0 spiro atoms. The lowest BCUT2D eigenvalue weighted by Crippen LogP contribution is -2.20. The lowest BCUT2D eigenvalue weighted by atomic mass is 10.1. The number of fused-ring (bicyclic) bond motifs is 1. The van der Waals surface area contributed by atoms with Crippen molar-refractivity contribution in [2.45, 2.75) is 26.5 Å². The van der Waals surface area contributed by atoms with Crippen molar-refractivity contribution in [1.82, 2.24) is 9.88 Å². The van der Waals surface area contributed by atoms with Crippen LogP contribution in [0.1, 0.15) is 23.3 Å². The number of rotatable bonds is 10. The summed E-state index contributed by atoms with van der Waals surface area (Å²) < 4.78 is 44.5. The molecule has 0 aliphatic heterocycles. The van der Waals surface area contributed by atoms with Crippen molar-refractivity contribution in [2.24, 2.45) is 0 Å². The number of furan rings is 1. The van der Waals surface area contributed by atoms with Crippen LogP contribution in [0.15, 0.2) is 65.3 Å². The number of benzene rings is 2. The number of aromatic nitrogens is 1. The van der Waals surface area contributed by atoms with Gasteiger partial charge in [-0.15, -0.1) is 0 Å². The van der Waals surface area contributed by atoms with Gasteiger partial charge in [0, 0.05) is 37.1 Å². The van der Waals surface area contributed by atoms with Crippen molar-refractivity contribution in [2.75, 3.05) is 20.2 Å². The largest absolute Gasteiger partial charge is 0.493 e. The molecule has 172 valence electrons. The van der Waals surface area contributed by atoms with Gasteiger partial charge >= 0.3 is 0 Å². The van der Waals surface area contributed by atoms with Crippen molar-refractivity contribution in [3.05, 3.63) is 89.4 Å². The molecule has 0 bridgehead atoms. The van der Waals surface area contributed by atoms with E-state index in [1.807, 2.05) is 37.4 Å². The van der Waals surface area contributed by atoms with E-state index in [9.17, 15) is 8.78 Å². The summed E-state index contributed by atoms with van der Waals surface area (Å²) in [6, 6.07) is 12.9. The Balaban J connectivity index is 1.36. The number of pyridine rings is 1. The number of halogens is 2. The first kappa shape index (κ1) is 22.7. The number of hydrogen-bond donors (Lipinski definition) is 0. The van der Waals surface area contributed by atoms with Crippen LogP contribution in [0.5, 0.6) is 11.5 Å².